The van der Waals surface area contributed by atoms with E-state index in [9.17, 15) is 13.2 Å². The van der Waals surface area contributed by atoms with Gasteiger partial charge in [-0.25, -0.2) is 8.42 Å². The molecule has 1 saturated heterocycles. The van der Waals surface area contributed by atoms with E-state index in [2.05, 4.69) is 25.9 Å². The van der Waals surface area contributed by atoms with Gasteiger partial charge in [0.05, 0.1) is 5.02 Å². The largest absolute Gasteiger partial charge is 0.288 e. The number of benzene rings is 1. The Hall–Kier alpha value is -2.04. The lowest BCUT2D eigenvalue weighted by molar-refractivity contribution is 0.102. The van der Waals surface area contributed by atoms with Crippen LogP contribution in [0, 0.1) is 0 Å². The summed E-state index contributed by atoms with van der Waals surface area (Å²) in [5, 5.41) is 15.3. The third-order valence-electron chi connectivity index (χ3n) is 3.95. The molecule has 134 valence electrons. The van der Waals surface area contributed by atoms with Gasteiger partial charge < -0.3 is 0 Å². The summed E-state index contributed by atoms with van der Waals surface area (Å²) < 4.78 is 27.3. The summed E-state index contributed by atoms with van der Waals surface area (Å²) in [4.78, 5) is 12.2. The van der Waals surface area contributed by atoms with Gasteiger partial charge in [0.15, 0.2) is 0 Å². The van der Waals surface area contributed by atoms with Gasteiger partial charge in [-0.05, 0) is 36.3 Å². The highest BCUT2D eigenvalue weighted by Gasteiger charge is 2.28. The molecule has 0 atom stereocenters. The third-order valence-corrected chi connectivity index (χ3v) is 6.33. The highest BCUT2D eigenvalue weighted by Crippen LogP contribution is 2.27. The van der Waals surface area contributed by atoms with E-state index in [0.29, 0.717) is 13.1 Å². The number of H-pyrrole nitrogens is 1. The van der Waals surface area contributed by atoms with E-state index in [1.165, 1.54) is 22.5 Å². The molecule has 2 N–H and O–H groups in total. The first kappa shape index (κ1) is 17.8. The third kappa shape index (κ3) is 3.97. The fourth-order valence-corrected chi connectivity index (χ4v) is 4.67. The number of hydrogen-bond acceptors (Lipinski definition) is 6. The number of tetrazole rings is 1. The lowest BCUT2D eigenvalue weighted by atomic mass is 10.2. The number of aromatic amines is 1. The average molecular weight is 385 g/mol. The molecule has 2 aromatic rings. The van der Waals surface area contributed by atoms with Crippen LogP contribution in [0.15, 0.2) is 23.1 Å². The molecule has 3 rings (SSSR count). The van der Waals surface area contributed by atoms with Crippen molar-refractivity contribution in [2.24, 2.45) is 0 Å². The minimum Gasteiger partial charge on any atom is -0.288 e. The van der Waals surface area contributed by atoms with Crippen molar-refractivity contribution in [2.45, 2.75) is 30.6 Å². The Morgan fingerprint density at radius 2 is 1.92 bits per heavy atom. The van der Waals surface area contributed by atoms with Crippen LogP contribution in [0.5, 0.6) is 0 Å². The molecule has 11 heteroatoms. The van der Waals surface area contributed by atoms with Crippen LogP contribution in [0.3, 0.4) is 0 Å². The van der Waals surface area contributed by atoms with Gasteiger partial charge in [0.25, 0.3) is 11.9 Å². The van der Waals surface area contributed by atoms with Crippen molar-refractivity contribution in [2.75, 3.05) is 18.4 Å². The molecule has 1 aromatic carbocycles. The lowest BCUT2D eigenvalue weighted by Gasteiger charge is -2.21. The second kappa shape index (κ2) is 7.46. The van der Waals surface area contributed by atoms with E-state index in [4.69, 9.17) is 11.6 Å². The van der Waals surface area contributed by atoms with Crippen LogP contribution in [-0.4, -0.2) is 52.3 Å². The quantitative estimate of drug-likeness (QED) is 0.826. The molecule has 0 aliphatic carbocycles. The standard InChI is InChI=1S/C14H17ClN6O3S/c15-11-6-5-10(13(22)16-14-17-19-20-18-14)9-12(11)25(23,24)21-7-3-1-2-4-8-21/h5-6,9H,1-4,7-8H2,(H2,16,17,18,19,20,22). The molecular weight excluding hydrogens is 368 g/mol. The molecule has 0 bridgehead atoms. The summed E-state index contributed by atoms with van der Waals surface area (Å²) in [6.07, 6.45) is 3.64. The fraction of sp³-hybridized carbons (Fsp3) is 0.429. The highest BCUT2D eigenvalue weighted by atomic mass is 35.5. The van der Waals surface area contributed by atoms with Gasteiger partial charge in [0.1, 0.15) is 4.90 Å². The molecule has 9 nitrogen and oxygen atoms in total. The van der Waals surface area contributed by atoms with E-state index in [1.807, 2.05) is 0 Å². The van der Waals surface area contributed by atoms with Crippen LogP contribution < -0.4 is 5.32 Å². The average Bonchev–Trinajstić information content (AvgIpc) is 2.93. The second-order valence-corrected chi connectivity index (χ2v) is 7.97. The lowest BCUT2D eigenvalue weighted by Crippen LogP contribution is -2.32. The molecule has 1 amide bonds. The summed E-state index contributed by atoms with van der Waals surface area (Å²) in [6, 6.07) is 4.12. The predicted molar refractivity (Wildman–Crippen MR) is 90.8 cm³/mol. The Bertz CT molecular complexity index is 847. The number of sulfonamides is 1. The zero-order chi connectivity index (χ0) is 17.9. The van der Waals surface area contributed by atoms with Gasteiger partial charge >= 0.3 is 0 Å². The van der Waals surface area contributed by atoms with Crippen molar-refractivity contribution >= 4 is 33.5 Å². The maximum Gasteiger partial charge on any atom is 0.270 e. The van der Waals surface area contributed by atoms with Gasteiger partial charge in [-0.3, -0.25) is 10.1 Å². The van der Waals surface area contributed by atoms with E-state index < -0.39 is 15.9 Å². The van der Waals surface area contributed by atoms with Crippen LogP contribution in [0.2, 0.25) is 5.02 Å². The molecule has 1 aromatic heterocycles. The monoisotopic (exact) mass is 384 g/mol. The Morgan fingerprint density at radius 3 is 2.56 bits per heavy atom. The van der Waals surface area contributed by atoms with Crippen molar-refractivity contribution in [3.8, 4) is 0 Å². The summed E-state index contributed by atoms with van der Waals surface area (Å²) in [5.41, 5.74) is 0.141. The normalized spacial score (nSPS) is 16.4. The molecule has 0 saturated carbocycles. The highest BCUT2D eigenvalue weighted by molar-refractivity contribution is 7.89. The first-order valence-corrected chi connectivity index (χ1v) is 9.65. The minimum absolute atomic E-state index is 0.00289. The van der Waals surface area contributed by atoms with Gasteiger partial charge in [-0.2, -0.15) is 9.52 Å². The van der Waals surface area contributed by atoms with Crippen LogP contribution in [0.1, 0.15) is 36.0 Å². The van der Waals surface area contributed by atoms with Crippen LogP contribution in [0.4, 0.5) is 5.95 Å². The number of hydrogen-bond donors (Lipinski definition) is 2. The summed E-state index contributed by atoms with van der Waals surface area (Å²) >= 11 is 6.11. The number of anilines is 1. The van der Waals surface area contributed by atoms with Crippen molar-refractivity contribution in [1.82, 2.24) is 24.9 Å². The number of halogens is 1. The molecular formula is C14H17ClN6O3S. The Balaban J connectivity index is 1.89. The van der Waals surface area contributed by atoms with Crippen molar-refractivity contribution in [3.63, 3.8) is 0 Å². The predicted octanol–water partition coefficient (Wildman–Crippen LogP) is 1.67. The summed E-state index contributed by atoms with van der Waals surface area (Å²) in [6.45, 7) is 0.913. The number of aromatic nitrogens is 4. The van der Waals surface area contributed by atoms with E-state index >= 15 is 0 Å². The number of carbonyl (C=O) groups excluding carboxylic acids is 1. The van der Waals surface area contributed by atoms with Crippen LogP contribution in [-0.2, 0) is 10.0 Å². The van der Waals surface area contributed by atoms with Crippen LogP contribution in [0.25, 0.3) is 0 Å². The maximum absolute atomic E-state index is 12.9. The minimum atomic E-state index is -3.76. The maximum atomic E-state index is 12.9. The Morgan fingerprint density at radius 1 is 1.20 bits per heavy atom. The van der Waals surface area contributed by atoms with Crippen molar-refractivity contribution < 1.29 is 13.2 Å². The Labute approximate surface area is 149 Å². The molecule has 25 heavy (non-hydrogen) atoms. The number of nitrogens with one attached hydrogen (secondary N) is 2. The summed E-state index contributed by atoms with van der Waals surface area (Å²) in [5.74, 6) is -0.553. The first-order chi connectivity index (χ1) is 12.0. The number of rotatable bonds is 4. The zero-order valence-electron chi connectivity index (χ0n) is 13.3. The molecule has 1 aliphatic heterocycles. The summed E-state index contributed by atoms with van der Waals surface area (Å²) in [7, 11) is -3.76. The van der Waals surface area contributed by atoms with Crippen molar-refractivity contribution in [1.29, 1.82) is 0 Å². The second-order valence-electron chi connectivity index (χ2n) is 5.65. The first-order valence-electron chi connectivity index (χ1n) is 7.83. The molecule has 0 radical (unpaired) electrons. The SMILES string of the molecule is O=C(Nc1nn[nH]n1)c1ccc(Cl)c(S(=O)(=O)N2CCCCCC2)c1. The van der Waals surface area contributed by atoms with Crippen LogP contribution >= 0.6 is 11.6 Å². The van der Waals surface area contributed by atoms with E-state index in [1.54, 1.807) is 0 Å². The number of amides is 1. The van der Waals surface area contributed by atoms with Gasteiger partial charge in [0, 0.05) is 18.7 Å². The van der Waals surface area contributed by atoms with Gasteiger partial charge in [0.2, 0.25) is 10.0 Å². The molecule has 0 spiro atoms. The van der Waals surface area contributed by atoms with E-state index in [-0.39, 0.29) is 21.4 Å². The van der Waals surface area contributed by atoms with Gasteiger partial charge in [-0.15, -0.1) is 5.10 Å². The topological polar surface area (TPSA) is 121 Å². The fourth-order valence-electron chi connectivity index (χ4n) is 2.65. The molecule has 1 fully saturated rings. The van der Waals surface area contributed by atoms with Crippen molar-refractivity contribution in [3.05, 3.63) is 28.8 Å². The molecule has 2 heterocycles. The number of carbonyl (C=O) groups is 1. The number of nitrogens with zero attached hydrogens (tertiary/aromatic N) is 4. The van der Waals surface area contributed by atoms with Gasteiger partial charge in [-0.1, -0.05) is 29.5 Å². The smallest absolute Gasteiger partial charge is 0.270 e. The molecule has 1 aliphatic rings. The molecule has 0 unspecified atom stereocenters. The van der Waals surface area contributed by atoms with E-state index in [0.717, 1.165) is 25.7 Å². The Kier molecular flexibility index (Phi) is 5.30. The zero-order valence-corrected chi connectivity index (χ0v) is 14.8.